The zero-order chi connectivity index (χ0) is 8.65. The minimum Gasteiger partial charge on any atom is -0.396 e. The third-order valence-corrected chi connectivity index (χ3v) is 2.83. The zero-order valence-electron chi connectivity index (χ0n) is 7.29. The lowest BCUT2D eigenvalue weighted by Crippen LogP contribution is -2.46. The Kier molecular flexibility index (Phi) is 5.77. The van der Waals surface area contributed by atoms with Gasteiger partial charge in [-0.3, -0.25) is 0 Å². The number of rotatable bonds is 7. The fourth-order valence-corrected chi connectivity index (χ4v) is 1.76. The van der Waals surface area contributed by atoms with Crippen molar-refractivity contribution in [1.29, 1.82) is 0 Å². The highest BCUT2D eigenvalue weighted by molar-refractivity contribution is 7.99. The monoisotopic (exact) mass is 191 g/mol. The molecule has 0 aromatic rings. The molecule has 1 saturated heterocycles. The first-order valence-corrected chi connectivity index (χ1v) is 5.58. The van der Waals surface area contributed by atoms with Gasteiger partial charge in [0, 0.05) is 18.9 Å². The Labute approximate surface area is 77.9 Å². The van der Waals surface area contributed by atoms with Crippen molar-refractivity contribution in [2.75, 3.05) is 37.9 Å². The Balaban J connectivity index is 1.70. The lowest BCUT2D eigenvalue weighted by molar-refractivity contribution is -0.00406. The van der Waals surface area contributed by atoms with Crippen LogP contribution in [0.4, 0.5) is 0 Å². The largest absolute Gasteiger partial charge is 0.396 e. The summed E-state index contributed by atoms with van der Waals surface area (Å²) in [6, 6.07) is 0.600. The average Bonchev–Trinajstić information content (AvgIpc) is 2.00. The smallest absolute Gasteiger partial charge is 0.0643 e. The third-order valence-electron chi connectivity index (χ3n) is 1.76. The summed E-state index contributed by atoms with van der Waals surface area (Å²) in [6.45, 7) is 3.13. The minimum atomic E-state index is 0.316. The molecule has 0 amide bonds. The summed E-state index contributed by atoms with van der Waals surface area (Å²) in [4.78, 5) is 0. The van der Waals surface area contributed by atoms with Gasteiger partial charge in [0.15, 0.2) is 0 Å². The molecule has 1 fully saturated rings. The van der Waals surface area contributed by atoms with Gasteiger partial charge in [-0.25, -0.2) is 0 Å². The average molecular weight is 191 g/mol. The number of thioether (sulfide) groups is 1. The molecular weight excluding hydrogens is 174 g/mol. The van der Waals surface area contributed by atoms with Crippen molar-refractivity contribution in [1.82, 2.24) is 5.32 Å². The highest BCUT2D eigenvalue weighted by atomic mass is 32.2. The van der Waals surface area contributed by atoms with Crippen molar-refractivity contribution in [3.8, 4) is 0 Å². The molecule has 0 bridgehead atoms. The summed E-state index contributed by atoms with van der Waals surface area (Å²) in [5, 5.41) is 11.9. The fourth-order valence-electron chi connectivity index (χ4n) is 0.957. The summed E-state index contributed by atoms with van der Waals surface area (Å²) in [7, 11) is 0. The van der Waals surface area contributed by atoms with Gasteiger partial charge in [0.1, 0.15) is 0 Å². The van der Waals surface area contributed by atoms with E-state index in [1.165, 1.54) is 0 Å². The number of hydrogen-bond acceptors (Lipinski definition) is 4. The van der Waals surface area contributed by atoms with Gasteiger partial charge in [-0.15, -0.1) is 0 Å². The summed E-state index contributed by atoms with van der Waals surface area (Å²) in [5.41, 5.74) is 0. The Hall–Kier alpha value is 0.230. The molecule has 0 aromatic carbocycles. The van der Waals surface area contributed by atoms with Gasteiger partial charge in [-0.1, -0.05) is 0 Å². The minimum absolute atomic E-state index is 0.316. The van der Waals surface area contributed by atoms with Crippen molar-refractivity contribution in [3.05, 3.63) is 0 Å². The van der Waals surface area contributed by atoms with Crippen LogP contribution in [0.1, 0.15) is 6.42 Å². The third kappa shape index (κ3) is 4.30. The fraction of sp³-hybridized carbons (Fsp3) is 1.00. The molecule has 4 heteroatoms. The molecule has 0 aromatic heterocycles. The molecule has 1 heterocycles. The van der Waals surface area contributed by atoms with Crippen molar-refractivity contribution >= 4 is 11.8 Å². The van der Waals surface area contributed by atoms with Crippen molar-refractivity contribution in [2.45, 2.75) is 12.5 Å². The molecule has 0 spiro atoms. The van der Waals surface area contributed by atoms with Gasteiger partial charge >= 0.3 is 0 Å². The molecule has 0 radical (unpaired) electrons. The van der Waals surface area contributed by atoms with Crippen LogP contribution in [0.5, 0.6) is 0 Å². The van der Waals surface area contributed by atoms with Gasteiger partial charge < -0.3 is 15.2 Å². The molecule has 1 aliphatic rings. The molecule has 0 atom stereocenters. The van der Waals surface area contributed by atoms with Crippen LogP contribution >= 0.6 is 11.8 Å². The van der Waals surface area contributed by atoms with E-state index in [1.54, 1.807) is 0 Å². The SMILES string of the molecule is OCCCSCCNC1COC1. The quantitative estimate of drug-likeness (QED) is 0.560. The Morgan fingerprint density at radius 3 is 2.83 bits per heavy atom. The Morgan fingerprint density at radius 1 is 1.42 bits per heavy atom. The van der Waals surface area contributed by atoms with Crippen LogP contribution < -0.4 is 5.32 Å². The molecule has 0 unspecified atom stereocenters. The maximum atomic E-state index is 8.51. The van der Waals surface area contributed by atoms with E-state index in [0.717, 1.165) is 37.7 Å². The molecule has 0 aliphatic carbocycles. The second-order valence-corrected chi connectivity index (χ2v) is 4.10. The van der Waals surface area contributed by atoms with Crippen LogP contribution in [0.25, 0.3) is 0 Å². The summed E-state index contributed by atoms with van der Waals surface area (Å²) in [6.07, 6.45) is 0.914. The first-order valence-electron chi connectivity index (χ1n) is 4.43. The first kappa shape index (κ1) is 10.3. The topological polar surface area (TPSA) is 41.5 Å². The zero-order valence-corrected chi connectivity index (χ0v) is 8.11. The highest BCUT2D eigenvalue weighted by Crippen LogP contribution is 2.02. The van der Waals surface area contributed by atoms with Gasteiger partial charge in [0.25, 0.3) is 0 Å². The molecule has 3 nitrogen and oxygen atoms in total. The van der Waals surface area contributed by atoms with E-state index in [2.05, 4.69) is 5.32 Å². The van der Waals surface area contributed by atoms with E-state index in [9.17, 15) is 0 Å². The number of ether oxygens (including phenoxy) is 1. The van der Waals surface area contributed by atoms with Crippen LogP contribution in [-0.2, 0) is 4.74 Å². The standard InChI is InChI=1S/C8H17NO2S/c10-3-1-4-12-5-2-9-8-6-11-7-8/h8-10H,1-7H2. The molecule has 72 valence electrons. The van der Waals surface area contributed by atoms with Gasteiger partial charge in [-0.2, -0.15) is 11.8 Å². The van der Waals surface area contributed by atoms with Crippen molar-refractivity contribution in [2.24, 2.45) is 0 Å². The van der Waals surface area contributed by atoms with E-state index in [4.69, 9.17) is 9.84 Å². The summed E-state index contributed by atoms with van der Waals surface area (Å²) >= 11 is 1.89. The van der Waals surface area contributed by atoms with Crippen LogP contribution in [0.15, 0.2) is 0 Å². The van der Waals surface area contributed by atoms with E-state index in [0.29, 0.717) is 12.6 Å². The van der Waals surface area contributed by atoms with Crippen LogP contribution in [0, 0.1) is 0 Å². The molecule has 0 saturated carbocycles. The van der Waals surface area contributed by atoms with E-state index in [1.807, 2.05) is 11.8 Å². The van der Waals surface area contributed by atoms with E-state index < -0.39 is 0 Å². The Morgan fingerprint density at radius 2 is 2.25 bits per heavy atom. The van der Waals surface area contributed by atoms with Gasteiger partial charge in [-0.05, 0) is 12.2 Å². The normalized spacial score (nSPS) is 17.8. The predicted octanol–water partition coefficient (Wildman–Crippen LogP) is 0.0904. The van der Waals surface area contributed by atoms with Crippen LogP contribution in [-0.4, -0.2) is 49.0 Å². The summed E-state index contributed by atoms with van der Waals surface area (Å²) in [5.74, 6) is 2.20. The lowest BCUT2D eigenvalue weighted by atomic mass is 10.3. The van der Waals surface area contributed by atoms with Crippen molar-refractivity contribution < 1.29 is 9.84 Å². The molecule has 1 rings (SSSR count). The van der Waals surface area contributed by atoms with E-state index >= 15 is 0 Å². The lowest BCUT2D eigenvalue weighted by Gasteiger charge is -2.26. The number of nitrogens with one attached hydrogen (secondary N) is 1. The number of aliphatic hydroxyl groups excluding tert-OH is 1. The maximum Gasteiger partial charge on any atom is 0.0643 e. The van der Waals surface area contributed by atoms with Crippen molar-refractivity contribution in [3.63, 3.8) is 0 Å². The second-order valence-electron chi connectivity index (χ2n) is 2.88. The van der Waals surface area contributed by atoms with Crippen LogP contribution in [0.3, 0.4) is 0 Å². The van der Waals surface area contributed by atoms with Gasteiger partial charge in [0.2, 0.25) is 0 Å². The maximum absolute atomic E-state index is 8.51. The number of hydrogen-bond donors (Lipinski definition) is 2. The van der Waals surface area contributed by atoms with E-state index in [-0.39, 0.29) is 0 Å². The first-order chi connectivity index (χ1) is 5.93. The van der Waals surface area contributed by atoms with Gasteiger partial charge in [0.05, 0.1) is 19.3 Å². The number of aliphatic hydroxyl groups is 1. The molecule has 1 aliphatic heterocycles. The predicted molar refractivity (Wildman–Crippen MR) is 51.6 cm³/mol. The Bertz CT molecular complexity index is 109. The molecule has 2 N–H and O–H groups in total. The molecular formula is C8H17NO2S. The second kappa shape index (κ2) is 6.71. The highest BCUT2D eigenvalue weighted by Gasteiger charge is 2.16. The van der Waals surface area contributed by atoms with Crippen LogP contribution in [0.2, 0.25) is 0 Å². The molecule has 12 heavy (non-hydrogen) atoms. The summed E-state index contributed by atoms with van der Waals surface area (Å²) < 4.78 is 5.03.